The maximum absolute atomic E-state index is 12.0. The van der Waals surface area contributed by atoms with E-state index in [4.69, 9.17) is 4.74 Å². The number of aromatic nitrogens is 1. The molecule has 26 heavy (non-hydrogen) atoms. The lowest BCUT2D eigenvalue weighted by Crippen LogP contribution is -2.39. The number of nitrogens with zero attached hydrogens (tertiary/aromatic N) is 3. The number of ether oxygens (including phenoxy) is 1. The van der Waals surface area contributed by atoms with Crippen molar-refractivity contribution in [1.82, 2.24) is 9.88 Å². The monoisotopic (exact) mass is 353 g/mol. The van der Waals surface area contributed by atoms with E-state index < -0.39 is 0 Å². The number of pyridine rings is 1. The van der Waals surface area contributed by atoms with Crippen LogP contribution in [-0.2, 0) is 11.3 Å². The Bertz CT molecular complexity index is 787. The van der Waals surface area contributed by atoms with E-state index in [9.17, 15) is 4.79 Å². The number of anilines is 4. The van der Waals surface area contributed by atoms with Gasteiger partial charge in [-0.15, -0.1) is 0 Å². The topological polar surface area (TPSA) is 69.7 Å². The second-order valence-electron chi connectivity index (χ2n) is 6.40. The average Bonchev–Trinajstić information content (AvgIpc) is 2.69. The normalized spacial score (nSPS) is 16.9. The van der Waals surface area contributed by atoms with Crippen molar-refractivity contribution in [2.24, 2.45) is 0 Å². The van der Waals surface area contributed by atoms with Crippen molar-refractivity contribution < 1.29 is 9.53 Å². The van der Waals surface area contributed by atoms with Gasteiger partial charge < -0.3 is 19.9 Å². The van der Waals surface area contributed by atoms with Gasteiger partial charge in [-0.25, -0.2) is 9.78 Å². The molecule has 0 atom stereocenters. The summed E-state index contributed by atoms with van der Waals surface area (Å²) >= 11 is 0. The van der Waals surface area contributed by atoms with Crippen LogP contribution in [0.15, 0.2) is 36.5 Å². The van der Waals surface area contributed by atoms with Gasteiger partial charge in [0.05, 0.1) is 19.8 Å². The van der Waals surface area contributed by atoms with E-state index >= 15 is 0 Å². The number of rotatable bonds is 4. The molecule has 0 bridgehead atoms. The second-order valence-corrected chi connectivity index (χ2v) is 6.40. The minimum Gasteiger partial charge on any atom is -0.378 e. The molecule has 1 aromatic carbocycles. The Morgan fingerprint density at radius 3 is 2.69 bits per heavy atom. The molecule has 0 saturated carbocycles. The van der Waals surface area contributed by atoms with E-state index in [0.717, 1.165) is 43.2 Å². The largest absolute Gasteiger partial charge is 0.378 e. The van der Waals surface area contributed by atoms with E-state index in [1.807, 2.05) is 13.0 Å². The summed E-state index contributed by atoms with van der Waals surface area (Å²) in [5.41, 5.74) is 4.19. The van der Waals surface area contributed by atoms with E-state index in [1.165, 1.54) is 5.69 Å². The van der Waals surface area contributed by atoms with Gasteiger partial charge in [0.2, 0.25) is 0 Å². The number of hydrogen-bond donors (Lipinski definition) is 2. The Balaban J connectivity index is 1.53. The SMILES string of the molecule is CCN1Cc2c(Nc3ccc(N4CCOCC4)cc3)ccnc2NC1=O. The summed E-state index contributed by atoms with van der Waals surface area (Å²) in [4.78, 5) is 20.4. The van der Waals surface area contributed by atoms with Crippen LogP contribution in [0.2, 0.25) is 0 Å². The van der Waals surface area contributed by atoms with Crippen LogP contribution in [0.1, 0.15) is 12.5 Å². The number of carbonyl (C=O) groups is 1. The molecule has 2 amide bonds. The third-order valence-electron chi connectivity index (χ3n) is 4.82. The number of urea groups is 1. The van der Waals surface area contributed by atoms with Crippen LogP contribution < -0.4 is 15.5 Å². The van der Waals surface area contributed by atoms with Gasteiger partial charge in [-0.2, -0.15) is 0 Å². The first-order valence-electron chi connectivity index (χ1n) is 8.98. The summed E-state index contributed by atoms with van der Waals surface area (Å²) in [6, 6.07) is 10.3. The quantitative estimate of drug-likeness (QED) is 0.884. The predicted octanol–water partition coefficient (Wildman–Crippen LogP) is 3.03. The lowest BCUT2D eigenvalue weighted by atomic mass is 10.1. The highest BCUT2D eigenvalue weighted by atomic mass is 16.5. The molecule has 2 aromatic rings. The van der Waals surface area contributed by atoms with E-state index in [1.54, 1.807) is 11.1 Å². The van der Waals surface area contributed by atoms with Gasteiger partial charge in [0.25, 0.3) is 0 Å². The lowest BCUT2D eigenvalue weighted by molar-refractivity contribution is 0.122. The number of carbonyl (C=O) groups excluding carboxylic acids is 1. The van der Waals surface area contributed by atoms with Crippen LogP contribution in [0.25, 0.3) is 0 Å². The molecule has 0 unspecified atom stereocenters. The summed E-state index contributed by atoms with van der Waals surface area (Å²) in [6.07, 6.45) is 1.71. The summed E-state index contributed by atoms with van der Waals surface area (Å²) < 4.78 is 5.41. The Kier molecular flexibility index (Phi) is 4.62. The van der Waals surface area contributed by atoms with Crippen molar-refractivity contribution in [3.8, 4) is 0 Å². The van der Waals surface area contributed by atoms with Gasteiger partial charge in [0, 0.05) is 48.5 Å². The molecule has 2 aliphatic heterocycles. The number of hydrogen-bond acceptors (Lipinski definition) is 5. The van der Waals surface area contributed by atoms with Crippen LogP contribution in [0, 0.1) is 0 Å². The maximum atomic E-state index is 12.0. The first-order valence-corrected chi connectivity index (χ1v) is 8.98. The van der Waals surface area contributed by atoms with Crippen molar-refractivity contribution in [3.05, 3.63) is 42.1 Å². The summed E-state index contributed by atoms with van der Waals surface area (Å²) in [6.45, 7) is 6.60. The molecule has 7 nitrogen and oxygen atoms in total. The zero-order chi connectivity index (χ0) is 17.9. The van der Waals surface area contributed by atoms with Crippen LogP contribution in [-0.4, -0.2) is 48.8 Å². The lowest BCUT2D eigenvalue weighted by Gasteiger charge is -2.29. The highest BCUT2D eigenvalue weighted by Gasteiger charge is 2.24. The third-order valence-corrected chi connectivity index (χ3v) is 4.82. The molecule has 0 radical (unpaired) electrons. The minimum atomic E-state index is -0.0977. The van der Waals surface area contributed by atoms with Crippen LogP contribution >= 0.6 is 0 Å². The van der Waals surface area contributed by atoms with Crippen LogP contribution in [0.5, 0.6) is 0 Å². The van der Waals surface area contributed by atoms with Crippen molar-refractivity contribution in [2.45, 2.75) is 13.5 Å². The van der Waals surface area contributed by atoms with Gasteiger partial charge in [-0.1, -0.05) is 0 Å². The van der Waals surface area contributed by atoms with E-state index in [-0.39, 0.29) is 6.03 Å². The zero-order valence-electron chi connectivity index (χ0n) is 14.9. The Morgan fingerprint density at radius 2 is 1.96 bits per heavy atom. The van der Waals surface area contributed by atoms with Crippen molar-refractivity contribution >= 4 is 28.9 Å². The molecule has 1 saturated heterocycles. The highest BCUT2D eigenvalue weighted by molar-refractivity contribution is 5.92. The molecule has 7 heteroatoms. The molecule has 2 aliphatic rings. The first-order chi connectivity index (χ1) is 12.7. The van der Waals surface area contributed by atoms with Gasteiger partial charge in [0.1, 0.15) is 5.82 Å². The molecular weight excluding hydrogens is 330 g/mol. The number of morpholine rings is 1. The maximum Gasteiger partial charge on any atom is 0.323 e. The number of fused-ring (bicyclic) bond motifs is 1. The highest BCUT2D eigenvalue weighted by Crippen LogP contribution is 2.30. The summed E-state index contributed by atoms with van der Waals surface area (Å²) in [7, 11) is 0. The molecule has 136 valence electrons. The molecule has 2 N–H and O–H groups in total. The third kappa shape index (κ3) is 3.30. The molecule has 3 heterocycles. The number of nitrogens with one attached hydrogen (secondary N) is 2. The zero-order valence-corrected chi connectivity index (χ0v) is 14.9. The minimum absolute atomic E-state index is 0.0977. The Hall–Kier alpha value is -2.80. The number of amides is 2. The van der Waals surface area contributed by atoms with Crippen molar-refractivity contribution in [3.63, 3.8) is 0 Å². The standard InChI is InChI=1S/C19H23N5O2/c1-2-23-13-16-17(7-8-20-18(16)22-19(23)25)21-14-3-5-15(6-4-14)24-9-11-26-12-10-24/h3-8H,2,9-13H2,1H3,(H2,20,21,22,25). The van der Waals surface area contributed by atoms with Crippen LogP contribution in [0.4, 0.5) is 27.7 Å². The Morgan fingerprint density at radius 1 is 1.19 bits per heavy atom. The van der Waals surface area contributed by atoms with Crippen LogP contribution in [0.3, 0.4) is 0 Å². The fraction of sp³-hybridized carbons (Fsp3) is 0.368. The fourth-order valence-corrected chi connectivity index (χ4v) is 3.31. The van der Waals surface area contributed by atoms with Gasteiger partial charge in [0.15, 0.2) is 0 Å². The van der Waals surface area contributed by atoms with Gasteiger partial charge in [-0.3, -0.25) is 5.32 Å². The Labute approximate surface area is 153 Å². The van der Waals surface area contributed by atoms with Gasteiger partial charge >= 0.3 is 6.03 Å². The summed E-state index contributed by atoms with van der Waals surface area (Å²) in [5, 5.41) is 6.32. The smallest absolute Gasteiger partial charge is 0.323 e. The molecule has 0 spiro atoms. The van der Waals surface area contributed by atoms with Gasteiger partial charge in [-0.05, 0) is 37.3 Å². The second kappa shape index (κ2) is 7.21. The fourth-order valence-electron chi connectivity index (χ4n) is 3.31. The molecule has 0 aliphatic carbocycles. The molecule has 4 rings (SSSR count). The first kappa shape index (κ1) is 16.7. The number of benzene rings is 1. The van der Waals surface area contributed by atoms with Crippen molar-refractivity contribution in [1.29, 1.82) is 0 Å². The molecular formula is C19H23N5O2. The van der Waals surface area contributed by atoms with Crippen molar-refractivity contribution in [2.75, 3.05) is 48.4 Å². The molecule has 1 fully saturated rings. The summed E-state index contributed by atoms with van der Waals surface area (Å²) in [5.74, 6) is 0.634. The predicted molar refractivity (Wildman–Crippen MR) is 102 cm³/mol. The van der Waals surface area contributed by atoms with E-state index in [2.05, 4.69) is 44.8 Å². The van der Waals surface area contributed by atoms with E-state index in [0.29, 0.717) is 18.9 Å². The average molecular weight is 353 g/mol. The molecule has 1 aromatic heterocycles.